The van der Waals surface area contributed by atoms with E-state index in [0.29, 0.717) is 35.8 Å². The van der Waals surface area contributed by atoms with Crippen LogP contribution in [0.15, 0.2) is 47.4 Å². The van der Waals surface area contributed by atoms with Crippen molar-refractivity contribution in [3.05, 3.63) is 58.6 Å². The highest BCUT2D eigenvalue weighted by Gasteiger charge is 2.36. The van der Waals surface area contributed by atoms with Crippen LogP contribution in [0.5, 0.6) is 0 Å². The zero-order chi connectivity index (χ0) is 21.9. The molecule has 0 unspecified atom stereocenters. The van der Waals surface area contributed by atoms with E-state index < -0.39 is 10.0 Å². The Labute approximate surface area is 183 Å². The van der Waals surface area contributed by atoms with E-state index in [0.717, 1.165) is 12.0 Å². The molecular formula is C22H27ClN2O4S. The van der Waals surface area contributed by atoms with E-state index in [1.54, 1.807) is 30.3 Å². The number of anilines is 1. The van der Waals surface area contributed by atoms with Gasteiger partial charge in [0.05, 0.1) is 16.7 Å². The second-order valence-corrected chi connectivity index (χ2v) is 9.93. The van der Waals surface area contributed by atoms with Crippen LogP contribution in [-0.2, 0) is 21.2 Å². The van der Waals surface area contributed by atoms with E-state index in [9.17, 15) is 13.2 Å². The lowest BCUT2D eigenvalue weighted by atomic mass is 10.1. The molecule has 1 aliphatic heterocycles. The number of carbonyl (C=O) groups excluding carboxylic acids is 1. The maximum atomic E-state index is 13.2. The minimum atomic E-state index is -3.72. The second-order valence-electron chi connectivity index (χ2n) is 7.68. The summed E-state index contributed by atoms with van der Waals surface area (Å²) in [7, 11) is -3.72. The van der Waals surface area contributed by atoms with Gasteiger partial charge in [-0.2, -0.15) is 0 Å². The number of amides is 1. The summed E-state index contributed by atoms with van der Waals surface area (Å²) in [5.74, 6) is -0.172. The lowest BCUT2D eigenvalue weighted by molar-refractivity contribution is 0.0757. The Morgan fingerprint density at radius 3 is 2.60 bits per heavy atom. The van der Waals surface area contributed by atoms with Gasteiger partial charge in [-0.3, -0.25) is 9.10 Å². The van der Waals surface area contributed by atoms with Crippen LogP contribution in [0.3, 0.4) is 0 Å². The van der Waals surface area contributed by atoms with Crippen molar-refractivity contribution in [1.29, 1.82) is 0 Å². The third-order valence-electron chi connectivity index (χ3n) is 4.92. The molecule has 0 aromatic heterocycles. The quantitative estimate of drug-likeness (QED) is 0.616. The fraction of sp³-hybridized carbons (Fsp3) is 0.409. The van der Waals surface area contributed by atoms with E-state index in [-0.39, 0.29) is 22.9 Å². The summed E-state index contributed by atoms with van der Waals surface area (Å²) >= 11 is 5.89. The molecule has 1 heterocycles. The summed E-state index contributed by atoms with van der Waals surface area (Å²) in [6.07, 6.45) is 1.45. The number of nitrogens with one attached hydrogen (secondary N) is 1. The zero-order valence-electron chi connectivity index (χ0n) is 17.4. The van der Waals surface area contributed by atoms with Crippen LogP contribution >= 0.6 is 11.6 Å². The molecule has 3 rings (SSSR count). The third-order valence-corrected chi connectivity index (χ3v) is 7.12. The number of nitrogens with zero attached hydrogens (tertiary/aromatic N) is 1. The Bertz CT molecular complexity index is 1010. The summed E-state index contributed by atoms with van der Waals surface area (Å²) in [5.41, 5.74) is 1.98. The van der Waals surface area contributed by atoms with Gasteiger partial charge in [-0.25, -0.2) is 8.42 Å². The van der Waals surface area contributed by atoms with Crippen LogP contribution in [0.2, 0.25) is 5.02 Å². The van der Waals surface area contributed by atoms with Crippen molar-refractivity contribution >= 4 is 33.2 Å². The molecule has 2 aromatic carbocycles. The largest absolute Gasteiger partial charge is 0.379 e. The number of sulfonamides is 1. The Hall–Kier alpha value is -2.09. The van der Waals surface area contributed by atoms with Crippen LogP contribution in [-0.4, -0.2) is 39.6 Å². The first-order valence-electron chi connectivity index (χ1n) is 10.0. The van der Waals surface area contributed by atoms with Gasteiger partial charge in [-0.15, -0.1) is 0 Å². The first-order valence-corrected chi connectivity index (χ1v) is 11.8. The standard InChI is InChI=1S/C22H27ClN2O4S/c1-15(2)29-12-4-11-24-22(26)17-5-10-21-18(14-17)13-16(3)25(21)30(27,28)20-8-6-19(23)7-9-20/h5-10,14-16H,4,11-13H2,1-3H3,(H,24,26)/t16-/m1/s1. The van der Waals surface area contributed by atoms with Crippen molar-refractivity contribution in [3.63, 3.8) is 0 Å². The average Bonchev–Trinajstić information content (AvgIpc) is 3.03. The van der Waals surface area contributed by atoms with Crippen molar-refractivity contribution in [3.8, 4) is 0 Å². The third kappa shape index (κ3) is 4.96. The molecule has 2 aromatic rings. The molecule has 6 nitrogen and oxygen atoms in total. The lowest BCUT2D eigenvalue weighted by Crippen LogP contribution is -2.35. The molecule has 0 saturated heterocycles. The molecule has 0 fully saturated rings. The molecule has 1 atom stereocenters. The van der Waals surface area contributed by atoms with Gasteiger partial charge in [0.25, 0.3) is 15.9 Å². The molecule has 0 radical (unpaired) electrons. The normalized spacial score (nSPS) is 16.0. The first-order chi connectivity index (χ1) is 14.2. The summed E-state index contributed by atoms with van der Waals surface area (Å²) in [6.45, 7) is 6.93. The van der Waals surface area contributed by atoms with E-state index in [4.69, 9.17) is 16.3 Å². The van der Waals surface area contributed by atoms with Crippen LogP contribution < -0.4 is 9.62 Å². The molecule has 30 heavy (non-hydrogen) atoms. The topological polar surface area (TPSA) is 75.7 Å². The van der Waals surface area contributed by atoms with Gasteiger partial charge in [-0.1, -0.05) is 11.6 Å². The van der Waals surface area contributed by atoms with Crippen LogP contribution in [0.4, 0.5) is 5.69 Å². The second kappa shape index (κ2) is 9.37. The first kappa shape index (κ1) is 22.6. The van der Waals surface area contributed by atoms with Gasteiger partial charge >= 0.3 is 0 Å². The molecule has 1 amide bonds. The smallest absolute Gasteiger partial charge is 0.264 e. The Morgan fingerprint density at radius 2 is 1.93 bits per heavy atom. The van der Waals surface area contributed by atoms with Gasteiger partial charge < -0.3 is 10.1 Å². The molecule has 0 aliphatic carbocycles. The summed E-state index contributed by atoms with van der Waals surface area (Å²) in [6, 6.07) is 11.1. The molecule has 8 heteroatoms. The van der Waals surface area contributed by atoms with Crippen molar-refractivity contribution in [2.75, 3.05) is 17.5 Å². The predicted molar refractivity (Wildman–Crippen MR) is 119 cm³/mol. The average molecular weight is 451 g/mol. The van der Waals surface area contributed by atoms with Gasteiger partial charge in [0.2, 0.25) is 0 Å². The highest BCUT2D eigenvalue weighted by molar-refractivity contribution is 7.92. The van der Waals surface area contributed by atoms with Crippen LogP contribution in [0, 0.1) is 0 Å². The number of benzene rings is 2. The highest BCUT2D eigenvalue weighted by Crippen LogP contribution is 2.37. The number of carbonyl (C=O) groups is 1. The molecule has 1 N–H and O–H groups in total. The molecular weight excluding hydrogens is 424 g/mol. The van der Waals surface area contributed by atoms with Crippen molar-refractivity contribution in [1.82, 2.24) is 5.32 Å². The number of ether oxygens (including phenoxy) is 1. The Kier molecular flexibility index (Phi) is 7.06. The minimum absolute atomic E-state index is 0.172. The fourth-order valence-electron chi connectivity index (χ4n) is 3.53. The van der Waals surface area contributed by atoms with E-state index in [1.807, 2.05) is 20.8 Å². The molecule has 162 valence electrons. The predicted octanol–water partition coefficient (Wildman–Crippen LogP) is 4.02. The molecule has 0 saturated carbocycles. The SMILES string of the molecule is CC(C)OCCCNC(=O)c1ccc2c(c1)C[C@@H](C)N2S(=O)(=O)c1ccc(Cl)cc1. The van der Waals surface area contributed by atoms with Gasteiger partial charge in [0.15, 0.2) is 0 Å². The minimum Gasteiger partial charge on any atom is -0.379 e. The van der Waals surface area contributed by atoms with Crippen LogP contribution in [0.1, 0.15) is 43.1 Å². The molecule has 0 bridgehead atoms. The molecule has 0 spiro atoms. The van der Waals surface area contributed by atoms with Gasteiger partial charge in [0, 0.05) is 29.8 Å². The van der Waals surface area contributed by atoms with Gasteiger partial charge in [-0.05, 0) is 81.6 Å². The maximum absolute atomic E-state index is 13.2. The van der Waals surface area contributed by atoms with Crippen molar-refractivity contribution < 1.29 is 17.9 Å². The highest BCUT2D eigenvalue weighted by atomic mass is 35.5. The number of rotatable bonds is 8. The monoisotopic (exact) mass is 450 g/mol. The Balaban J connectivity index is 1.74. The number of hydrogen-bond acceptors (Lipinski definition) is 4. The van der Waals surface area contributed by atoms with Crippen molar-refractivity contribution in [2.45, 2.75) is 50.7 Å². The zero-order valence-corrected chi connectivity index (χ0v) is 19.0. The van der Waals surface area contributed by atoms with Gasteiger partial charge in [0.1, 0.15) is 0 Å². The van der Waals surface area contributed by atoms with E-state index >= 15 is 0 Å². The number of halogens is 1. The number of hydrogen-bond donors (Lipinski definition) is 1. The van der Waals surface area contributed by atoms with Crippen molar-refractivity contribution in [2.24, 2.45) is 0 Å². The summed E-state index contributed by atoms with van der Waals surface area (Å²) in [5, 5.41) is 3.37. The fourth-order valence-corrected chi connectivity index (χ4v) is 5.34. The van der Waals surface area contributed by atoms with Crippen LogP contribution in [0.25, 0.3) is 0 Å². The van der Waals surface area contributed by atoms with E-state index in [1.165, 1.54) is 16.4 Å². The molecule has 1 aliphatic rings. The van der Waals surface area contributed by atoms with E-state index in [2.05, 4.69) is 5.32 Å². The lowest BCUT2D eigenvalue weighted by Gasteiger charge is -2.24. The maximum Gasteiger partial charge on any atom is 0.264 e. The Morgan fingerprint density at radius 1 is 1.23 bits per heavy atom. The summed E-state index contributed by atoms with van der Waals surface area (Å²) in [4.78, 5) is 12.7. The summed E-state index contributed by atoms with van der Waals surface area (Å²) < 4.78 is 33.3. The number of fused-ring (bicyclic) bond motifs is 1.